The van der Waals surface area contributed by atoms with Gasteiger partial charge in [0.05, 0.1) is 16.3 Å². The molecule has 0 saturated carbocycles. The van der Waals surface area contributed by atoms with Crippen molar-refractivity contribution in [1.29, 1.82) is 0 Å². The van der Waals surface area contributed by atoms with Gasteiger partial charge in [-0.25, -0.2) is 0 Å². The zero-order valence-electron chi connectivity index (χ0n) is 10.4. The normalized spacial score (nSPS) is 10.7. The lowest BCUT2D eigenvalue weighted by atomic mass is 10.1. The molecule has 2 aromatic carbocycles. The molecular formula is C15H11ClN2OS. The van der Waals surface area contributed by atoms with Gasteiger partial charge in [0.1, 0.15) is 0 Å². The second-order valence-corrected chi connectivity index (χ2v) is 5.65. The van der Waals surface area contributed by atoms with E-state index in [0.717, 1.165) is 10.1 Å². The summed E-state index contributed by atoms with van der Waals surface area (Å²) in [6, 6.07) is 12.9. The molecule has 0 aliphatic carbocycles. The number of nitrogens with one attached hydrogen (secondary N) is 1. The van der Waals surface area contributed by atoms with Crippen LogP contribution in [0.4, 0.5) is 11.4 Å². The van der Waals surface area contributed by atoms with Gasteiger partial charge in [-0.3, -0.25) is 4.79 Å². The average molecular weight is 303 g/mol. The van der Waals surface area contributed by atoms with Crippen molar-refractivity contribution in [3.05, 3.63) is 58.4 Å². The molecule has 20 heavy (non-hydrogen) atoms. The van der Waals surface area contributed by atoms with E-state index in [1.165, 1.54) is 0 Å². The van der Waals surface area contributed by atoms with Crippen molar-refractivity contribution in [2.24, 2.45) is 0 Å². The predicted octanol–water partition coefficient (Wildman–Crippen LogP) is 4.39. The minimum absolute atomic E-state index is 0.150. The predicted molar refractivity (Wildman–Crippen MR) is 85.6 cm³/mol. The molecule has 0 bridgehead atoms. The molecule has 0 radical (unpaired) electrons. The van der Waals surface area contributed by atoms with Crippen LogP contribution in [-0.2, 0) is 0 Å². The maximum absolute atomic E-state index is 12.3. The van der Waals surface area contributed by atoms with Crippen LogP contribution in [0.2, 0.25) is 5.02 Å². The van der Waals surface area contributed by atoms with E-state index in [1.54, 1.807) is 29.5 Å². The summed E-state index contributed by atoms with van der Waals surface area (Å²) in [5, 5.41) is 6.08. The Balaban J connectivity index is 1.91. The van der Waals surface area contributed by atoms with Crippen molar-refractivity contribution in [2.45, 2.75) is 0 Å². The molecule has 1 amide bonds. The second kappa shape index (κ2) is 5.15. The highest BCUT2D eigenvalue weighted by Crippen LogP contribution is 2.27. The summed E-state index contributed by atoms with van der Waals surface area (Å²) in [4.78, 5) is 12.3. The number of anilines is 2. The van der Waals surface area contributed by atoms with Gasteiger partial charge in [-0.15, -0.1) is 11.3 Å². The van der Waals surface area contributed by atoms with E-state index in [4.69, 9.17) is 17.3 Å². The highest BCUT2D eigenvalue weighted by atomic mass is 35.5. The van der Waals surface area contributed by atoms with Crippen molar-refractivity contribution in [3.8, 4) is 0 Å². The van der Waals surface area contributed by atoms with Gasteiger partial charge in [-0.1, -0.05) is 29.8 Å². The summed E-state index contributed by atoms with van der Waals surface area (Å²) in [5.41, 5.74) is 7.43. The first-order valence-electron chi connectivity index (χ1n) is 5.98. The minimum atomic E-state index is -0.150. The van der Waals surface area contributed by atoms with Crippen LogP contribution < -0.4 is 11.1 Å². The number of amides is 1. The fraction of sp³-hybridized carbons (Fsp3) is 0. The van der Waals surface area contributed by atoms with E-state index < -0.39 is 0 Å². The van der Waals surface area contributed by atoms with Crippen LogP contribution in [0.25, 0.3) is 10.1 Å². The van der Waals surface area contributed by atoms with Crippen molar-refractivity contribution in [3.63, 3.8) is 0 Å². The highest BCUT2D eigenvalue weighted by Gasteiger charge is 2.12. The molecule has 0 fully saturated rings. The van der Waals surface area contributed by atoms with Crippen LogP contribution in [0.15, 0.2) is 47.8 Å². The fourth-order valence-corrected chi connectivity index (χ4v) is 3.08. The zero-order chi connectivity index (χ0) is 14.1. The number of hydrogen-bond acceptors (Lipinski definition) is 3. The molecule has 0 spiro atoms. The first kappa shape index (κ1) is 13.0. The highest BCUT2D eigenvalue weighted by molar-refractivity contribution is 7.17. The Morgan fingerprint density at radius 1 is 1.20 bits per heavy atom. The number of hydrogen-bond donors (Lipinski definition) is 2. The van der Waals surface area contributed by atoms with E-state index in [-0.39, 0.29) is 5.91 Å². The van der Waals surface area contributed by atoms with Gasteiger partial charge in [0, 0.05) is 21.2 Å². The summed E-state index contributed by atoms with van der Waals surface area (Å²) in [6.45, 7) is 0. The van der Waals surface area contributed by atoms with Gasteiger partial charge < -0.3 is 11.1 Å². The van der Waals surface area contributed by atoms with E-state index in [1.807, 2.05) is 29.6 Å². The number of rotatable bonds is 2. The first-order chi connectivity index (χ1) is 9.65. The lowest BCUT2D eigenvalue weighted by Gasteiger charge is -2.06. The van der Waals surface area contributed by atoms with E-state index in [2.05, 4.69) is 5.32 Å². The molecule has 0 unspecified atom stereocenters. The van der Waals surface area contributed by atoms with E-state index in [0.29, 0.717) is 22.0 Å². The largest absolute Gasteiger partial charge is 0.398 e. The molecule has 100 valence electrons. The molecule has 3 rings (SSSR count). The van der Waals surface area contributed by atoms with Crippen molar-refractivity contribution < 1.29 is 4.79 Å². The molecule has 1 heterocycles. The molecule has 3 nitrogen and oxygen atoms in total. The first-order valence-corrected chi connectivity index (χ1v) is 7.23. The zero-order valence-corrected chi connectivity index (χ0v) is 12.0. The van der Waals surface area contributed by atoms with Crippen molar-refractivity contribution in [2.75, 3.05) is 11.1 Å². The van der Waals surface area contributed by atoms with Gasteiger partial charge in [-0.2, -0.15) is 0 Å². The SMILES string of the molecule is Nc1ccc(NC(=O)c2csc3ccccc23)cc1Cl. The number of nitrogens with two attached hydrogens (primary N) is 1. The molecule has 0 atom stereocenters. The molecule has 0 aliphatic heterocycles. The Labute approximate surface area is 125 Å². The van der Waals surface area contributed by atoms with Crippen LogP contribution in [0.1, 0.15) is 10.4 Å². The Bertz CT molecular complexity index is 797. The Kier molecular flexibility index (Phi) is 3.34. The monoisotopic (exact) mass is 302 g/mol. The number of fused-ring (bicyclic) bond motifs is 1. The molecule has 0 saturated heterocycles. The summed E-state index contributed by atoms with van der Waals surface area (Å²) in [6.07, 6.45) is 0. The standard InChI is InChI=1S/C15H11ClN2OS/c16-12-7-9(5-6-13(12)17)18-15(19)11-8-20-14-4-2-1-3-10(11)14/h1-8H,17H2,(H,18,19). The average Bonchev–Trinajstić information content (AvgIpc) is 2.87. The second-order valence-electron chi connectivity index (χ2n) is 4.34. The topological polar surface area (TPSA) is 55.1 Å². The van der Waals surface area contributed by atoms with E-state index >= 15 is 0 Å². The lowest BCUT2D eigenvalue weighted by Crippen LogP contribution is -2.11. The minimum Gasteiger partial charge on any atom is -0.398 e. The molecular weight excluding hydrogens is 292 g/mol. The third kappa shape index (κ3) is 2.35. The lowest BCUT2D eigenvalue weighted by molar-refractivity contribution is 0.102. The maximum Gasteiger partial charge on any atom is 0.257 e. The van der Waals surface area contributed by atoms with Crippen LogP contribution in [0, 0.1) is 0 Å². The Hall–Kier alpha value is -2.04. The number of nitrogen functional groups attached to an aromatic ring is 1. The number of benzene rings is 2. The van der Waals surface area contributed by atoms with E-state index in [9.17, 15) is 4.79 Å². The smallest absolute Gasteiger partial charge is 0.257 e. The molecule has 0 aliphatic rings. The number of carbonyl (C=O) groups excluding carboxylic acids is 1. The summed E-state index contributed by atoms with van der Waals surface area (Å²) >= 11 is 7.49. The van der Waals surface area contributed by atoms with Gasteiger partial charge in [0.2, 0.25) is 0 Å². The maximum atomic E-state index is 12.3. The van der Waals surface area contributed by atoms with Gasteiger partial charge in [0.25, 0.3) is 5.91 Å². The summed E-state index contributed by atoms with van der Waals surface area (Å²) in [7, 11) is 0. The van der Waals surface area contributed by atoms with Crippen molar-refractivity contribution >= 4 is 50.3 Å². The molecule has 3 aromatic rings. The van der Waals surface area contributed by atoms with Crippen LogP contribution >= 0.6 is 22.9 Å². The summed E-state index contributed by atoms with van der Waals surface area (Å²) in [5.74, 6) is -0.150. The number of carbonyl (C=O) groups is 1. The van der Waals surface area contributed by atoms with Crippen LogP contribution in [-0.4, -0.2) is 5.91 Å². The van der Waals surface area contributed by atoms with Gasteiger partial charge in [-0.05, 0) is 24.3 Å². The quantitative estimate of drug-likeness (QED) is 0.690. The molecule has 3 N–H and O–H groups in total. The van der Waals surface area contributed by atoms with Gasteiger partial charge in [0.15, 0.2) is 0 Å². The fourth-order valence-electron chi connectivity index (χ4n) is 1.96. The third-order valence-corrected chi connectivity index (χ3v) is 4.27. The Morgan fingerprint density at radius 2 is 2.00 bits per heavy atom. The van der Waals surface area contributed by atoms with Crippen LogP contribution in [0.5, 0.6) is 0 Å². The van der Waals surface area contributed by atoms with Crippen LogP contribution in [0.3, 0.4) is 0 Å². The van der Waals surface area contributed by atoms with Crippen molar-refractivity contribution in [1.82, 2.24) is 0 Å². The summed E-state index contributed by atoms with van der Waals surface area (Å²) < 4.78 is 1.09. The Morgan fingerprint density at radius 3 is 2.80 bits per heavy atom. The third-order valence-electron chi connectivity index (χ3n) is 2.98. The van der Waals surface area contributed by atoms with Gasteiger partial charge >= 0.3 is 0 Å². The molecule has 5 heteroatoms. The number of halogens is 1. The molecule has 1 aromatic heterocycles. The number of thiophene rings is 1.